The molecule has 22 nitrogen and oxygen atoms in total. The number of amides is 8. The number of primary amides is 1. The first-order valence-corrected chi connectivity index (χ1v) is 20.9. The Morgan fingerprint density at radius 2 is 1.69 bits per heavy atom. The lowest BCUT2D eigenvalue weighted by Crippen LogP contribution is -2.54. The molecule has 0 spiro atoms. The molecule has 7 rings (SSSR count). The van der Waals surface area contributed by atoms with Gasteiger partial charge in [0.15, 0.2) is 11.4 Å². The van der Waals surface area contributed by atoms with Crippen LogP contribution in [0.3, 0.4) is 0 Å². The zero-order valence-electron chi connectivity index (χ0n) is 35.6. The van der Waals surface area contributed by atoms with Crippen molar-refractivity contribution in [3.8, 4) is 17.1 Å². The smallest absolute Gasteiger partial charge is 0.413 e. The fourth-order valence-electron chi connectivity index (χ4n) is 7.30. The van der Waals surface area contributed by atoms with Crippen LogP contribution in [-0.2, 0) is 9.59 Å². The molecule has 0 saturated carbocycles. The highest BCUT2D eigenvalue weighted by molar-refractivity contribution is 6.25. The summed E-state index contributed by atoms with van der Waals surface area (Å²) < 4.78 is 45.5. The summed E-state index contributed by atoms with van der Waals surface area (Å²) in [4.78, 5) is 109. The van der Waals surface area contributed by atoms with Gasteiger partial charge in [-0.2, -0.15) is 18.3 Å². The van der Waals surface area contributed by atoms with Crippen LogP contribution in [0.5, 0.6) is 0 Å². The van der Waals surface area contributed by atoms with Gasteiger partial charge in [-0.05, 0) is 74.3 Å². The van der Waals surface area contributed by atoms with Crippen LogP contribution in [0.25, 0.3) is 17.1 Å². The summed E-state index contributed by atoms with van der Waals surface area (Å²) in [7, 11) is 0. The Kier molecular flexibility index (Phi) is 14.2. The van der Waals surface area contributed by atoms with E-state index in [2.05, 4.69) is 41.7 Å². The van der Waals surface area contributed by atoms with E-state index in [-0.39, 0.29) is 63.3 Å². The molecule has 1 saturated heterocycles. The highest BCUT2D eigenvalue weighted by Crippen LogP contribution is 2.32. The van der Waals surface area contributed by atoms with Crippen LogP contribution in [0.15, 0.2) is 77.7 Å². The number of nitrogens with zero attached hydrogens (tertiary/aromatic N) is 6. The van der Waals surface area contributed by atoms with Crippen LogP contribution in [0, 0.1) is 0 Å². The Bertz CT molecular complexity index is 2790. The van der Waals surface area contributed by atoms with E-state index < -0.39 is 66.1 Å². The molecule has 0 bridgehead atoms. The van der Waals surface area contributed by atoms with Gasteiger partial charge in [0.2, 0.25) is 17.7 Å². The lowest BCUT2D eigenvalue weighted by atomic mass is 10.0. The largest absolute Gasteiger partial charge is 0.465 e. The molecule has 68 heavy (non-hydrogen) atoms. The zero-order chi connectivity index (χ0) is 48.7. The van der Waals surface area contributed by atoms with Gasteiger partial charge in [0, 0.05) is 49.1 Å². The molecule has 1 unspecified atom stereocenters. The van der Waals surface area contributed by atoms with Gasteiger partial charge in [-0.25, -0.2) is 19.4 Å². The van der Waals surface area contributed by atoms with Crippen LogP contribution in [-0.4, -0.2) is 122 Å². The van der Waals surface area contributed by atoms with Crippen LogP contribution in [0.1, 0.15) is 84.2 Å². The summed E-state index contributed by atoms with van der Waals surface area (Å²) in [6.45, 7) is 0.268. The molecule has 2 aliphatic rings. The number of oxazole rings is 1. The number of piperidine rings is 1. The second-order valence-corrected chi connectivity index (χ2v) is 15.3. The van der Waals surface area contributed by atoms with E-state index in [0.29, 0.717) is 49.5 Å². The number of imide groups is 2. The Balaban J connectivity index is 0.834. The van der Waals surface area contributed by atoms with Crippen LogP contribution in [0.2, 0.25) is 0 Å². The minimum atomic E-state index is -4.85. The summed E-state index contributed by atoms with van der Waals surface area (Å²) in [5.74, 6) is -5.29. The van der Waals surface area contributed by atoms with Crippen molar-refractivity contribution >= 4 is 64.6 Å². The molecule has 354 valence electrons. The van der Waals surface area contributed by atoms with Gasteiger partial charge in [0.25, 0.3) is 29.5 Å². The summed E-state index contributed by atoms with van der Waals surface area (Å²) >= 11 is 0. The number of carbonyl (C=O) groups excluding carboxylic acids is 7. The van der Waals surface area contributed by atoms with Crippen LogP contribution >= 0.6 is 0 Å². The lowest BCUT2D eigenvalue weighted by Gasteiger charge is -2.27. The third-order valence-corrected chi connectivity index (χ3v) is 10.6. The van der Waals surface area contributed by atoms with Gasteiger partial charge < -0.3 is 36.5 Å². The number of anilines is 3. The predicted octanol–water partition coefficient (Wildman–Crippen LogP) is 3.32. The molecule has 2 aliphatic heterocycles. The number of rotatable bonds is 19. The number of halogens is 3. The molecule has 2 aromatic carbocycles. The second kappa shape index (κ2) is 20.4. The van der Waals surface area contributed by atoms with Crippen LogP contribution in [0.4, 0.5) is 35.2 Å². The molecular formula is C43H41F3N12O10. The minimum Gasteiger partial charge on any atom is -0.465 e. The molecule has 0 radical (unpaired) electrons. The fraction of sp³-hybridized carbons (Fsp3) is 0.279. The van der Waals surface area contributed by atoms with Crippen molar-refractivity contribution in [3.63, 3.8) is 0 Å². The van der Waals surface area contributed by atoms with Crippen molar-refractivity contribution in [2.24, 2.45) is 5.73 Å². The van der Waals surface area contributed by atoms with Crippen molar-refractivity contribution in [1.82, 2.24) is 40.6 Å². The van der Waals surface area contributed by atoms with Crippen molar-refractivity contribution < 1.29 is 61.1 Å². The standard InChI is InChI=1S/C43H41F3N12O10/c44-43(45,46)22-56(42(66)67)31-19-24(13-16-50-31)39-53-29(21-68-39)37(62)52-28-20-57(55-34(28)35(47)60)25-9-7-23(8-10-25)36(61)51-15-3-1-2-14-48-17-18-49-27-6-4-5-26-33(27)41(65)58(40(26)64)30-11-12-32(59)54-38(30)63/h4-10,13,16,19-21,30,48-49H,1-3,11-12,14-15,17-18,22H2,(H2,47,60)(H,51,61)(H,52,62)(H,66,67)(H,54,59,63). The number of fused-ring (bicyclic) bond motifs is 1. The van der Waals surface area contributed by atoms with Crippen molar-refractivity contribution in [2.45, 2.75) is 44.3 Å². The van der Waals surface area contributed by atoms with E-state index in [1.165, 1.54) is 23.0 Å². The average molecular weight is 943 g/mol. The number of hydrogen-bond donors (Lipinski definition) is 7. The predicted molar refractivity (Wildman–Crippen MR) is 232 cm³/mol. The number of unbranched alkanes of at least 4 members (excludes halogenated alkanes) is 2. The van der Waals surface area contributed by atoms with Gasteiger partial charge in [0.1, 0.15) is 24.7 Å². The van der Waals surface area contributed by atoms with Gasteiger partial charge in [-0.1, -0.05) is 12.5 Å². The van der Waals surface area contributed by atoms with E-state index in [1.807, 2.05) is 0 Å². The Hall–Kier alpha value is -8.48. The minimum absolute atomic E-state index is 0.0112. The number of benzene rings is 2. The molecule has 5 heterocycles. The molecule has 8 amide bonds. The first kappa shape index (κ1) is 47.5. The number of hydrogen-bond acceptors (Lipinski definition) is 14. The third kappa shape index (κ3) is 11.0. The highest BCUT2D eigenvalue weighted by atomic mass is 19.4. The normalized spacial score (nSPS) is 14.6. The summed E-state index contributed by atoms with van der Waals surface area (Å²) in [5.41, 5.74) is 6.38. The van der Waals surface area contributed by atoms with E-state index in [1.54, 1.807) is 36.4 Å². The van der Waals surface area contributed by atoms with E-state index in [9.17, 15) is 56.6 Å². The van der Waals surface area contributed by atoms with E-state index in [0.717, 1.165) is 36.3 Å². The van der Waals surface area contributed by atoms with Crippen molar-refractivity contribution in [3.05, 3.63) is 101 Å². The number of carboxylic acid groups (broad SMARTS) is 1. The molecule has 8 N–H and O–H groups in total. The van der Waals surface area contributed by atoms with Gasteiger partial charge in [-0.15, -0.1) is 0 Å². The maximum absolute atomic E-state index is 13.3. The SMILES string of the molecule is NC(=O)c1nn(-c2ccc(C(=O)NCCCCCNCCNc3cccc4c3C(=O)N(C3CCC(=O)NC3=O)C4=O)cc2)cc1NC(=O)c1coc(-c2ccnc(N(CC(F)(F)F)C(=O)O)c2)n1. The van der Waals surface area contributed by atoms with Crippen LogP contribution < -0.4 is 37.2 Å². The van der Waals surface area contributed by atoms with E-state index in [4.69, 9.17) is 10.2 Å². The lowest BCUT2D eigenvalue weighted by molar-refractivity contribution is -0.136. The molecule has 1 fully saturated rings. The fourth-order valence-corrected chi connectivity index (χ4v) is 7.30. The molecule has 3 aromatic heterocycles. The van der Waals surface area contributed by atoms with Gasteiger partial charge in [-0.3, -0.25) is 48.7 Å². The number of pyridine rings is 1. The second-order valence-electron chi connectivity index (χ2n) is 15.3. The van der Waals surface area contributed by atoms with Crippen molar-refractivity contribution in [1.29, 1.82) is 0 Å². The number of alkyl halides is 3. The summed E-state index contributed by atoms with van der Waals surface area (Å²) in [5, 5.41) is 27.5. The topological polar surface area (TPSA) is 306 Å². The van der Waals surface area contributed by atoms with Gasteiger partial charge in [0.05, 0.1) is 28.7 Å². The number of nitrogens with two attached hydrogens (primary N) is 1. The Labute approximate surface area is 382 Å². The Morgan fingerprint density at radius 1 is 0.926 bits per heavy atom. The number of carbonyl (C=O) groups is 8. The summed E-state index contributed by atoms with van der Waals surface area (Å²) in [6.07, 6.45) is -1.05. The quantitative estimate of drug-likeness (QED) is 0.0461. The van der Waals surface area contributed by atoms with E-state index >= 15 is 0 Å². The third-order valence-electron chi connectivity index (χ3n) is 10.6. The summed E-state index contributed by atoms with van der Waals surface area (Å²) in [6, 6.07) is 12.3. The Morgan fingerprint density at radius 3 is 2.41 bits per heavy atom. The maximum atomic E-state index is 13.3. The van der Waals surface area contributed by atoms with Crippen molar-refractivity contribution in [2.75, 3.05) is 48.3 Å². The van der Waals surface area contributed by atoms with Gasteiger partial charge >= 0.3 is 12.3 Å². The number of aromatic nitrogens is 4. The maximum Gasteiger partial charge on any atom is 0.413 e. The monoisotopic (exact) mass is 942 g/mol. The molecule has 1 atom stereocenters. The molecule has 25 heteroatoms. The number of nitrogens with one attached hydrogen (secondary N) is 5. The molecular weight excluding hydrogens is 902 g/mol. The first-order valence-electron chi connectivity index (χ1n) is 20.9. The zero-order valence-corrected chi connectivity index (χ0v) is 35.6. The molecule has 5 aromatic rings. The average Bonchev–Trinajstić information content (AvgIpc) is 4.03. The first-order chi connectivity index (χ1) is 32.5. The molecule has 0 aliphatic carbocycles. The highest BCUT2D eigenvalue weighted by Gasteiger charge is 2.45.